The van der Waals surface area contributed by atoms with Crippen LogP contribution in [0.15, 0.2) is 0 Å². The van der Waals surface area contributed by atoms with Gasteiger partial charge in [-0.1, -0.05) is 20.8 Å². The lowest BCUT2D eigenvalue weighted by atomic mass is 9.99. The van der Waals surface area contributed by atoms with Gasteiger partial charge in [-0.15, -0.1) is 0 Å². The predicted octanol–water partition coefficient (Wildman–Crippen LogP) is 1.01. The molecule has 1 aliphatic rings. The molecule has 1 rings (SSSR count). The first kappa shape index (κ1) is 14.4. The molecule has 100 valence electrons. The molecule has 0 aromatic rings. The van der Waals surface area contributed by atoms with Crippen LogP contribution in [0.1, 0.15) is 27.2 Å². The van der Waals surface area contributed by atoms with Gasteiger partial charge in [0.1, 0.15) is 0 Å². The Bertz CT molecular complexity index is 377. The van der Waals surface area contributed by atoms with Crippen LogP contribution in [0, 0.1) is 17.8 Å². The number of carbonyl (C=O) groups is 1. The van der Waals surface area contributed by atoms with Gasteiger partial charge < -0.3 is 5.11 Å². The SMILES string of the molecule is CC(C)CCS(=O)(=O)N1C[C@@H](C)[C@H](C(=O)O)C1. The van der Waals surface area contributed by atoms with E-state index in [4.69, 9.17) is 5.11 Å². The summed E-state index contributed by atoms with van der Waals surface area (Å²) in [6.07, 6.45) is 0.616. The Labute approximate surface area is 103 Å². The molecule has 0 aliphatic carbocycles. The van der Waals surface area contributed by atoms with E-state index in [1.807, 2.05) is 13.8 Å². The molecule has 0 spiro atoms. The van der Waals surface area contributed by atoms with Crippen molar-refractivity contribution in [3.8, 4) is 0 Å². The molecule has 0 radical (unpaired) electrons. The van der Waals surface area contributed by atoms with Crippen LogP contribution in [-0.2, 0) is 14.8 Å². The summed E-state index contributed by atoms with van der Waals surface area (Å²) in [4.78, 5) is 10.9. The van der Waals surface area contributed by atoms with Gasteiger partial charge in [0, 0.05) is 13.1 Å². The average Bonchev–Trinajstić information content (AvgIpc) is 2.58. The van der Waals surface area contributed by atoms with E-state index in [0.29, 0.717) is 18.9 Å². The van der Waals surface area contributed by atoms with Crippen LogP contribution in [0.3, 0.4) is 0 Å². The van der Waals surface area contributed by atoms with E-state index in [1.54, 1.807) is 6.92 Å². The Kier molecular flexibility index (Phi) is 4.55. The van der Waals surface area contributed by atoms with Gasteiger partial charge in [0.2, 0.25) is 10.0 Å². The van der Waals surface area contributed by atoms with Gasteiger partial charge in [-0.05, 0) is 18.3 Å². The molecule has 0 bridgehead atoms. The minimum atomic E-state index is -3.28. The summed E-state index contributed by atoms with van der Waals surface area (Å²) in [6.45, 7) is 6.19. The van der Waals surface area contributed by atoms with Gasteiger partial charge in [0.05, 0.1) is 11.7 Å². The summed E-state index contributed by atoms with van der Waals surface area (Å²) < 4.78 is 25.3. The summed E-state index contributed by atoms with van der Waals surface area (Å²) in [7, 11) is -3.28. The van der Waals surface area contributed by atoms with Crippen LogP contribution in [0.5, 0.6) is 0 Å². The van der Waals surface area contributed by atoms with Gasteiger partial charge in [-0.2, -0.15) is 0 Å². The molecule has 5 nitrogen and oxygen atoms in total. The zero-order valence-electron chi connectivity index (χ0n) is 10.6. The third-order valence-electron chi connectivity index (χ3n) is 3.24. The Balaban J connectivity index is 2.66. The molecule has 0 saturated carbocycles. The third-order valence-corrected chi connectivity index (χ3v) is 5.08. The van der Waals surface area contributed by atoms with Gasteiger partial charge in [0.25, 0.3) is 0 Å². The number of nitrogens with zero attached hydrogens (tertiary/aromatic N) is 1. The summed E-state index contributed by atoms with van der Waals surface area (Å²) in [6, 6.07) is 0. The topological polar surface area (TPSA) is 74.7 Å². The van der Waals surface area contributed by atoms with Crippen molar-refractivity contribution in [2.45, 2.75) is 27.2 Å². The minimum Gasteiger partial charge on any atom is -0.481 e. The van der Waals surface area contributed by atoms with E-state index in [2.05, 4.69) is 0 Å². The Morgan fingerprint density at radius 3 is 2.41 bits per heavy atom. The standard InChI is InChI=1S/C11H21NO4S/c1-8(2)4-5-17(15,16)12-6-9(3)10(7-12)11(13)14/h8-10H,4-7H2,1-3H3,(H,13,14)/t9-,10-/m1/s1. The van der Waals surface area contributed by atoms with E-state index < -0.39 is 21.9 Å². The second-order valence-corrected chi connectivity index (χ2v) is 7.33. The number of hydrogen-bond donors (Lipinski definition) is 1. The number of hydrogen-bond acceptors (Lipinski definition) is 3. The van der Waals surface area contributed by atoms with Gasteiger partial charge in [-0.25, -0.2) is 12.7 Å². The molecule has 17 heavy (non-hydrogen) atoms. The molecular formula is C11H21NO4S. The molecule has 1 heterocycles. The fraction of sp³-hybridized carbons (Fsp3) is 0.909. The number of sulfonamides is 1. The average molecular weight is 263 g/mol. The quantitative estimate of drug-likeness (QED) is 0.803. The summed E-state index contributed by atoms with van der Waals surface area (Å²) in [5.74, 6) is -1.13. The van der Waals surface area contributed by atoms with Crippen LogP contribution in [0.2, 0.25) is 0 Å². The number of carboxylic acids is 1. The summed E-state index contributed by atoms with van der Waals surface area (Å²) in [5, 5.41) is 8.96. The maximum absolute atomic E-state index is 12.0. The second-order valence-electron chi connectivity index (χ2n) is 5.24. The molecule has 0 unspecified atom stereocenters. The number of carboxylic acid groups (broad SMARTS) is 1. The fourth-order valence-corrected chi connectivity index (χ4v) is 3.86. The Morgan fingerprint density at radius 2 is 2.00 bits per heavy atom. The molecule has 1 fully saturated rings. The third kappa shape index (κ3) is 3.67. The highest BCUT2D eigenvalue weighted by molar-refractivity contribution is 7.89. The first-order chi connectivity index (χ1) is 7.74. The molecular weight excluding hydrogens is 242 g/mol. The van der Waals surface area contributed by atoms with Crippen molar-refractivity contribution in [1.29, 1.82) is 0 Å². The van der Waals surface area contributed by atoms with Crippen LogP contribution < -0.4 is 0 Å². The highest BCUT2D eigenvalue weighted by Crippen LogP contribution is 2.26. The first-order valence-electron chi connectivity index (χ1n) is 5.94. The lowest BCUT2D eigenvalue weighted by molar-refractivity contribution is -0.142. The highest BCUT2D eigenvalue weighted by Gasteiger charge is 2.39. The summed E-state index contributed by atoms with van der Waals surface area (Å²) >= 11 is 0. The maximum Gasteiger partial charge on any atom is 0.308 e. The van der Waals surface area contributed by atoms with Crippen molar-refractivity contribution >= 4 is 16.0 Å². The normalized spacial score (nSPS) is 26.6. The van der Waals surface area contributed by atoms with Crippen molar-refractivity contribution < 1.29 is 18.3 Å². The molecule has 1 N–H and O–H groups in total. The molecule has 0 aromatic carbocycles. The van der Waals surface area contributed by atoms with Gasteiger partial charge in [-0.3, -0.25) is 4.79 Å². The molecule has 1 aliphatic heterocycles. The van der Waals surface area contributed by atoms with Crippen molar-refractivity contribution in [3.63, 3.8) is 0 Å². The summed E-state index contributed by atoms with van der Waals surface area (Å²) in [5.41, 5.74) is 0. The van der Waals surface area contributed by atoms with Crippen LogP contribution in [0.4, 0.5) is 0 Å². The van der Waals surface area contributed by atoms with Crippen molar-refractivity contribution in [2.75, 3.05) is 18.8 Å². The molecule has 0 aromatic heterocycles. The van der Waals surface area contributed by atoms with Crippen molar-refractivity contribution in [1.82, 2.24) is 4.31 Å². The van der Waals surface area contributed by atoms with Crippen LogP contribution in [-0.4, -0.2) is 42.6 Å². The van der Waals surface area contributed by atoms with Crippen LogP contribution >= 0.6 is 0 Å². The van der Waals surface area contributed by atoms with Gasteiger partial charge >= 0.3 is 5.97 Å². The second kappa shape index (κ2) is 5.35. The lowest BCUT2D eigenvalue weighted by Gasteiger charge is -2.16. The Hall–Kier alpha value is -0.620. The number of aliphatic carboxylic acids is 1. The van der Waals surface area contributed by atoms with E-state index in [-0.39, 0.29) is 18.2 Å². The highest BCUT2D eigenvalue weighted by atomic mass is 32.2. The van der Waals surface area contributed by atoms with E-state index in [0.717, 1.165) is 0 Å². The number of rotatable bonds is 5. The van der Waals surface area contributed by atoms with E-state index >= 15 is 0 Å². The molecule has 2 atom stereocenters. The monoisotopic (exact) mass is 263 g/mol. The zero-order valence-corrected chi connectivity index (χ0v) is 11.4. The van der Waals surface area contributed by atoms with Crippen molar-refractivity contribution in [2.24, 2.45) is 17.8 Å². The first-order valence-corrected chi connectivity index (χ1v) is 7.55. The minimum absolute atomic E-state index is 0.110. The lowest BCUT2D eigenvalue weighted by Crippen LogP contribution is -2.32. The predicted molar refractivity (Wildman–Crippen MR) is 65.1 cm³/mol. The smallest absolute Gasteiger partial charge is 0.308 e. The molecule has 6 heteroatoms. The zero-order chi connectivity index (χ0) is 13.2. The fourth-order valence-electron chi connectivity index (χ4n) is 1.98. The van der Waals surface area contributed by atoms with Gasteiger partial charge in [0.15, 0.2) is 0 Å². The van der Waals surface area contributed by atoms with Crippen molar-refractivity contribution in [3.05, 3.63) is 0 Å². The largest absolute Gasteiger partial charge is 0.481 e. The van der Waals surface area contributed by atoms with Crippen LogP contribution in [0.25, 0.3) is 0 Å². The van der Waals surface area contributed by atoms with E-state index in [1.165, 1.54) is 4.31 Å². The maximum atomic E-state index is 12.0. The molecule has 1 saturated heterocycles. The van der Waals surface area contributed by atoms with E-state index in [9.17, 15) is 13.2 Å². The Morgan fingerprint density at radius 1 is 1.41 bits per heavy atom. The molecule has 0 amide bonds.